The van der Waals surface area contributed by atoms with Gasteiger partial charge in [-0.25, -0.2) is 8.42 Å². The number of methoxy groups -OCH3 is 1. The van der Waals surface area contributed by atoms with Crippen molar-refractivity contribution < 1.29 is 17.9 Å². The van der Waals surface area contributed by atoms with Gasteiger partial charge in [0.25, 0.3) is 0 Å². The third kappa shape index (κ3) is 2.81. The molecule has 1 aliphatic heterocycles. The molecule has 5 heteroatoms. The molecule has 1 heterocycles. The van der Waals surface area contributed by atoms with E-state index in [2.05, 4.69) is 0 Å². The maximum Gasteiger partial charge on any atom is 0.167 e. The number of ketones is 1. The van der Waals surface area contributed by atoms with Crippen LogP contribution >= 0.6 is 0 Å². The van der Waals surface area contributed by atoms with Crippen LogP contribution in [-0.4, -0.2) is 32.8 Å². The van der Waals surface area contributed by atoms with Crippen molar-refractivity contribution in [3.05, 3.63) is 28.8 Å². The van der Waals surface area contributed by atoms with Crippen LogP contribution in [0.2, 0.25) is 0 Å². The van der Waals surface area contributed by atoms with Gasteiger partial charge in [0, 0.05) is 11.5 Å². The average Bonchev–Trinajstić information content (AvgIpc) is 2.71. The predicted octanol–water partition coefficient (Wildman–Crippen LogP) is 1.93. The first-order valence-electron chi connectivity index (χ1n) is 6.24. The van der Waals surface area contributed by atoms with Gasteiger partial charge in [0.2, 0.25) is 0 Å². The zero-order chi connectivity index (χ0) is 14.2. The molecule has 0 radical (unpaired) electrons. The molecule has 2 rings (SSSR count). The molecule has 0 N–H and O–H groups in total. The second kappa shape index (κ2) is 4.96. The van der Waals surface area contributed by atoms with Crippen molar-refractivity contribution >= 4 is 15.6 Å². The molecule has 1 aliphatic rings. The van der Waals surface area contributed by atoms with Crippen molar-refractivity contribution in [3.8, 4) is 5.75 Å². The number of benzene rings is 1. The summed E-state index contributed by atoms with van der Waals surface area (Å²) in [6, 6.07) is 3.62. The average molecular weight is 282 g/mol. The van der Waals surface area contributed by atoms with Crippen LogP contribution in [0.1, 0.15) is 27.9 Å². The Hall–Kier alpha value is -1.36. The maximum absolute atomic E-state index is 12.4. The van der Waals surface area contributed by atoms with E-state index in [-0.39, 0.29) is 17.3 Å². The zero-order valence-corrected chi connectivity index (χ0v) is 12.2. The number of carbonyl (C=O) groups is 1. The Morgan fingerprint density at radius 2 is 1.95 bits per heavy atom. The van der Waals surface area contributed by atoms with Gasteiger partial charge in [0.15, 0.2) is 15.6 Å². The number of ether oxygens (including phenoxy) is 1. The Labute approximate surface area is 113 Å². The largest absolute Gasteiger partial charge is 0.496 e. The standard InChI is InChI=1S/C14H18O4S/c1-9-7-13(18-3)10(2)6-12(9)14(15)11-4-5-19(16,17)8-11/h6-7,11H,4-5,8H2,1-3H3. The van der Waals surface area contributed by atoms with Crippen molar-refractivity contribution in [2.24, 2.45) is 5.92 Å². The summed E-state index contributed by atoms with van der Waals surface area (Å²) in [6.07, 6.45) is 0.436. The van der Waals surface area contributed by atoms with E-state index in [4.69, 9.17) is 4.74 Å². The SMILES string of the molecule is COc1cc(C)c(C(=O)C2CCS(=O)(=O)C2)cc1C. The zero-order valence-electron chi connectivity index (χ0n) is 11.4. The van der Waals surface area contributed by atoms with Gasteiger partial charge in [0.05, 0.1) is 18.6 Å². The number of carbonyl (C=O) groups excluding carboxylic acids is 1. The summed E-state index contributed by atoms with van der Waals surface area (Å²) in [5, 5.41) is 0. The van der Waals surface area contributed by atoms with E-state index < -0.39 is 15.8 Å². The molecule has 1 aromatic rings. The van der Waals surface area contributed by atoms with Gasteiger partial charge >= 0.3 is 0 Å². The molecule has 0 amide bonds. The van der Waals surface area contributed by atoms with Crippen molar-refractivity contribution in [2.75, 3.05) is 18.6 Å². The van der Waals surface area contributed by atoms with Crippen LogP contribution in [0.15, 0.2) is 12.1 Å². The van der Waals surface area contributed by atoms with E-state index in [0.717, 1.165) is 16.9 Å². The topological polar surface area (TPSA) is 60.4 Å². The van der Waals surface area contributed by atoms with Crippen molar-refractivity contribution in [2.45, 2.75) is 20.3 Å². The molecule has 0 spiro atoms. The minimum atomic E-state index is -3.03. The fraction of sp³-hybridized carbons (Fsp3) is 0.500. The maximum atomic E-state index is 12.4. The van der Waals surface area contributed by atoms with E-state index in [1.807, 2.05) is 19.9 Å². The highest BCUT2D eigenvalue weighted by molar-refractivity contribution is 7.91. The smallest absolute Gasteiger partial charge is 0.167 e. The fourth-order valence-electron chi connectivity index (χ4n) is 2.50. The molecule has 1 fully saturated rings. The van der Waals surface area contributed by atoms with Crippen LogP contribution in [0.5, 0.6) is 5.75 Å². The summed E-state index contributed by atoms with van der Waals surface area (Å²) < 4.78 is 28.1. The number of hydrogen-bond acceptors (Lipinski definition) is 4. The first-order valence-corrected chi connectivity index (χ1v) is 8.06. The molecule has 19 heavy (non-hydrogen) atoms. The Balaban J connectivity index is 2.32. The summed E-state index contributed by atoms with van der Waals surface area (Å²) >= 11 is 0. The van der Waals surface area contributed by atoms with Crippen LogP contribution < -0.4 is 4.74 Å². The lowest BCUT2D eigenvalue weighted by atomic mass is 9.92. The molecule has 0 aliphatic carbocycles. The van der Waals surface area contributed by atoms with Gasteiger partial charge in [-0.2, -0.15) is 0 Å². The highest BCUT2D eigenvalue weighted by Crippen LogP contribution is 2.28. The quantitative estimate of drug-likeness (QED) is 0.795. The predicted molar refractivity (Wildman–Crippen MR) is 73.6 cm³/mol. The van der Waals surface area contributed by atoms with Gasteiger partial charge < -0.3 is 4.74 Å². The Bertz CT molecular complexity index is 617. The summed E-state index contributed by atoms with van der Waals surface area (Å²) in [6.45, 7) is 3.72. The van der Waals surface area contributed by atoms with E-state index in [0.29, 0.717) is 12.0 Å². The Morgan fingerprint density at radius 1 is 1.26 bits per heavy atom. The van der Waals surface area contributed by atoms with Crippen LogP contribution in [-0.2, 0) is 9.84 Å². The van der Waals surface area contributed by atoms with Gasteiger partial charge in [-0.05, 0) is 43.5 Å². The van der Waals surface area contributed by atoms with Crippen LogP contribution in [0.25, 0.3) is 0 Å². The van der Waals surface area contributed by atoms with Gasteiger partial charge in [-0.1, -0.05) is 0 Å². The Morgan fingerprint density at radius 3 is 2.47 bits per heavy atom. The highest BCUT2D eigenvalue weighted by atomic mass is 32.2. The van der Waals surface area contributed by atoms with Gasteiger partial charge in [0.1, 0.15) is 5.75 Å². The lowest BCUT2D eigenvalue weighted by Gasteiger charge is -2.13. The normalized spacial score (nSPS) is 21.3. The first-order chi connectivity index (χ1) is 8.84. The van der Waals surface area contributed by atoms with E-state index in [9.17, 15) is 13.2 Å². The molecule has 1 aromatic carbocycles. The van der Waals surface area contributed by atoms with Crippen LogP contribution in [0, 0.1) is 19.8 Å². The van der Waals surface area contributed by atoms with E-state index in [1.54, 1.807) is 13.2 Å². The molecule has 104 valence electrons. The molecule has 4 nitrogen and oxygen atoms in total. The third-order valence-electron chi connectivity index (χ3n) is 3.61. The molecule has 0 saturated carbocycles. The lowest BCUT2D eigenvalue weighted by Crippen LogP contribution is -2.17. The van der Waals surface area contributed by atoms with Crippen molar-refractivity contribution in [1.29, 1.82) is 0 Å². The Kier molecular flexibility index (Phi) is 3.67. The molecule has 1 unspecified atom stereocenters. The first kappa shape index (κ1) is 14.1. The minimum Gasteiger partial charge on any atom is -0.496 e. The highest BCUT2D eigenvalue weighted by Gasteiger charge is 2.34. The summed E-state index contributed by atoms with van der Waals surface area (Å²) in [5.41, 5.74) is 2.33. The molecular formula is C14H18O4S. The van der Waals surface area contributed by atoms with Crippen LogP contribution in [0.3, 0.4) is 0 Å². The monoisotopic (exact) mass is 282 g/mol. The van der Waals surface area contributed by atoms with Crippen molar-refractivity contribution in [3.63, 3.8) is 0 Å². The second-order valence-electron chi connectivity index (χ2n) is 5.10. The third-order valence-corrected chi connectivity index (χ3v) is 5.38. The van der Waals surface area contributed by atoms with E-state index in [1.165, 1.54) is 0 Å². The molecule has 1 saturated heterocycles. The molecule has 1 atom stereocenters. The lowest BCUT2D eigenvalue weighted by molar-refractivity contribution is 0.0932. The van der Waals surface area contributed by atoms with Gasteiger partial charge in [-0.3, -0.25) is 4.79 Å². The minimum absolute atomic E-state index is 0.0175. The van der Waals surface area contributed by atoms with Crippen LogP contribution in [0.4, 0.5) is 0 Å². The second-order valence-corrected chi connectivity index (χ2v) is 7.33. The number of sulfone groups is 1. The number of aryl methyl sites for hydroxylation is 2. The summed E-state index contributed by atoms with van der Waals surface area (Å²) in [5.74, 6) is 0.391. The molecule has 0 bridgehead atoms. The van der Waals surface area contributed by atoms with Gasteiger partial charge in [-0.15, -0.1) is 0 Å². The molecular weight excluding hydrogens is 264 g/mol. The number of rotatable bonds is 3. The molecule has 0 aromatic heterocycles. The van der Waals surface area contributed by atoms with E-state index >= 15 is 0 Å². The summed E-state index contributed by atoms with van der Waals surface area (Å²) in [4.78, 5) is 12.4. The fourth-order valence-corrected chi connectivity index (χ4v) is 4.24. The van der Waals surface area contributed by atoms with Crippen molar-refractivity contribution in [1.82, 2.24) is 0 Å². The summed E-state index contributed by atoms with van der Waals surface area (Å²) in [7, 11) is -1.44. The number of Topliss-reactive ketones (excluding diaryl/α,β-unsaturated/α-hetero) is 1. The number of hydrogen-bond donors (Lipinski definition) is 0.